The molecule has 2 aromatic rings. The maximum atomic E-state index is 12.6. The summed E-state index contributed by atoms with van der Waals surface area (Å²) in [6.07, 6.45) is 0.0475. The Kier molecular flexibility index (Phi) is 8.08. The van der Waals surface area contributed by atoms with Crippen molar-refractivity contribution in [3.8, 4) is 0 Å². The number of amides is 1. The fourth-order valence-corrected chi connectivity index (χ4v) is 3.23. The van der Waals surface area contributed by atoms with Crippen LogP contribution in [0, 0.1) is 0 Å². The number of hydrogen-bond acceptors (Lipinski definition) is 6. The summed E-state index contributed by atoms with van der Waals surface area (Å²) in [5.41, 5.74) is 0.941. The summed E-state index contributed by atoms with van der Waals surface area (Å²) in [5, 5.41) is 3.54. The molecule has 1 atom stereocenters. The van der Waals surface area contributed by atoms with Crippen LogP contribution in [0.15, 0.2) is 24.3 Å². The van der Waals surface area contributed by atoms with Crippen molar-refractivity contribution in [2.75, 3.05) is 19.8 Å². The van der Waals surface area contributed by atoms with E-state index in [2.05, 4.69) is 5.32 Å². The van der Waals surface area contributed by atoms with Gasteiger partial charge in [-0.15, -0.1) is 0 Å². The van der Waals surface area contributed by atoms with Crippen molar-refractivity contribution >= 4 is 28.9 Å². The molecule has 31 heavy (non-hydrogen) atoms. The van der Waals surface area contributed by atoms with Crippen LogP contribution in [0.3, 0.4) is 0 Å². The number of alkyl carbamates (subject to hydrolysis) is 1. The van der Waals surface area contributed by atoms with Gasteiger partial charge in [0.05, 0.1) is 18.8 Å². The largest absolute Gasteiger partial charge is 0.462 e. The molecule has 0 saturated carbocycles. The van der Waals surface area contributed by atoms with E-state index < -0.39 is 23.6 Å². The van der Waals surface area contributed by atoms with Crippen molar-refractivity contribution in [1.82, 2.24) is 9.88 Å². The normalized spacial score (nSPS) is 12.3. The molecule has 0 radical (unpaired) electrons. The number of hydrogen-bond donors (Lipinski definition) is 1. The van der Waals surface area contributed by atoms with Gasteiger partial charge in [0.1, 0.15) is 11.3 Å². The molecule has 0 spiro atoms. The molecule has 0 aliphatic rings. The van der Waals surface area contributed by atoms with E-state index in [0.717, 1.165) is 10.9 Å². The lowest BCUT2D eigenvalue weighted by molar-refractivity contribution is 0.0500. The van der Waals surface area contributed by atoms with Gasteiger partial charge in [-0.2, -0.15) is 0 Å². The van der Waals surface area contributed by atoms with Crippen LogP contribution in [0.4, 0.5) is 4.79 Å². The lowest BCUT2D eigenvalue weighted by Gasteiger charge is -2.21. The first-order chi connectivity index (χ1) is 14.6. The Morgan fingerprint density at radius 1 is 1.03 bits per heavy atom. The highest BCUT2D eigenvalue weighted by atomic mass is 16.6. The number of ether oxygens (including phenoxy) is 3. The molecule has 0 aliphatic heterocycles. The maximum absolute atomic E-state index is 12.6. The summed E-state index contributed by atoms with van der Waals surface area (Å²) in [6, 6.07) is 6.76. The van der Waals surface area contributed by atoms with Crippen molar-refractivity contribution in [2.45, 2.75) is 59.6 Å². The van der Waals surface area contributed by atoms with Gasteiger partial charge >= 0.3 is 18.0 Å². The lowest BCUT2D eigenvalue weighted by Crippen LogP contribution is -2.33. The van der Waals surface area contributed by atoms with Crippen molar-refractivity contribution in [2.24, 2.45) is 0 Å². The van der Waals surface area contributed by atoms with Crippen LogP contribution in [0.1, 0.15) is 74.9 Å². The van der Waals surface area contributed by atoms with Crippen LogP contribution in [-0.4, -0.2) is 48.0 Å². The highest BCUT2D eigenvalue weighted by molar-refractivity contribution is 5.99. The predicted molar refractivity (Wildman–Crippen MR) is 117 cm³/mol. The van der Waals surface area contributed by atoms with E-state index in [1.165, 1.54) is 0 Å². The number of benzene rings is 1. The molecule has 1 aromatic heterocycles. The number of aromatic nitrogens is 1. The van der Waals surface area contributed by atoms with Crippen molar-refractivity contribution in [1.29, 1.82) is 0 Å². The SMILES string of the molecule is CCOC(=O)c1ccc2cc(C(=O)OCC)n(C(C)CCNC(=O)OC(C)(C)C)c2c1. The fraction of sp³-hybridized carbons (Fsp3) is 0.522. The van der Waals surface area contributed by atoms with Gasteiger partial charge in [-0.25, -0.2) is 14.4 Å². The van der Waals surface area contributed by atoms with E-state index in [9.17, 15) is 14.4 Å². The highest BCUT2D eigenvalue weighted by Crippen LogP contribution is 2.28. The zero-order valence-corrected chi connectivity index (χ0v) is 19.1. The minimum absolute atomic E-state index is 0.163. The van der Waals surface area contributed by atoms with Crippen LogP contribution in [0.25, 0.3) is 10.9 Å². The molecule has 1 N–H and O–H groups in total. The van der Waals surface area contributed by atoms with Crippen LogP contribution in [0.2, 0.25) is 0 Å². The Balaban J connectivity index is 2.31. The topological polar surface area (TPSA) is 95.9 Å². The molecule has 8 nitrogen and oxygen atoms in total. The summed E-state index contributed by atoms with van der Waals surface area (Å²) in [4.78, 5) is 36.7. The molecule has 1 aromatic carbocycles. The molecule has 2 rings (SSSR count). The number of nitrogens with zero attached hydrogens (tertiary/aromatic N) is 1. The average Bonchev–Trinajstić information content (AvgIpc) is 3.05. The zero-order valence-electron chi connectivity index (χ0n) is 19.1. The molecule has 0 aliphatic carbocycles. The van der Waals surface area contributed by atoms with Gasteiger partial charge in [0.25, 0.3) is 0 Å². The van der Waals surface area contributed by atoms with E-state index in [0.29, 0.717) is 24.2 Å². The van der Waals surface area contributed by atoms with Gasteiger partial charge in [0.2, 0.25) is 0 Å². The fourth-order valence-electron chi connectivity index (χ4n) is 3.23. The summed E-state index contributed by atoms with van der Waals surface area (Å²) < 4.78 is 17.4. The van der Waals surface area contributed by atoms with Crippen molar-refractivity contribution in [3.05, 3.63) is 35.5 Å². The van der Waals surface area contributed by atoms with Gasteiger partial charge in [0, 0.05) is 23.5 Å². The quantitative estimate of drug-likeness (QED) is 0.488. The van der Waals surface area contributed by atoms with E-state index >= 15 is 0 Å². The first-order valence-electron chi connectivity index (χ1n) is 10.5. The first-order valence-corrected chi connectivity index (χ1v) is 10.5. The second kappa shape index (κ2) is 10.3. The van der Waals surface area contributed by atoms with Crippen LogP contribution in [0.5, 0.6) is 0 Å². The molecule has 1 unspecified atom stereocenters. The van der Waals surface area contributed by atoms with Gasteiger partial charge < -0.3 is 24.1 Å². The Morgan fingerprint density at radius 3 is 2.29 bits per heavy atom. The summed E-state index contributed by atoms with van der Waals surface area (Å²) >= 11 is 0. The highest BCUT2D eigenvalue weighted by Gasteiger charge is 2.22. The Labute approximate surface area is 182 Å². The number of esters is 2. The summed E-state index contributed by atoms with van der Waals surface area (Å²) in [6.45, 7) is 11.7. The molecule has 8 heteroatoms. The second-order valence-corrected chi connectivity index (χ2v) is 8.18. The van der Waals surface area contributed by atoms with Crippen LogP contribution < -0.4 is 5.32 Å². The van der Waals surface area contributed by atoms with Gasteiger partial charge in [0.15, 0.2) is 0 Å². The average molecular weight is 433 g/mol. The molecular formula is C23H32N2O6. The third kappa shape index (κ3) is 6.47. The number of carbonyl (C=O) groups is 3. The maximum Gasteiger partial charge on any atom is 0.407 e. The molecule has 1 heterocycles. The summed E-state index contributed by atoms with van der Waals surface area (Å²) in [7, 11) is 0. The summed E-state index contributed by atoms with van der Waals surface area (Å²) in [5.74, 6) is -0.864. The third-order valence-corrected chi connectivity index (χ3v) is 4.51. The third-order valence-electron chi connectivity index (χ3n) is 4.51. The van der Waals surface area contributed by atoms with Crippen molar-refractivity contribution in [3.63, 3.8) is 0 Å². The van der Waals surface area contributed by atoms with E-state index in [1.54, 1.807) is 58.9 Å². The zero-order chi connectivity index (χ0) is 23.2. The molecule has 1 amide bonds. The molecule has 0 bridgehead atoms. The molecule has 170 valence electrons. The standard InChI is InChI=1S/C23H32N2O6/c1-7-29-20(26)17-10-9-16-13-19(21(27)30-8-2)25(18(16)14-17)15(3)11-12-24-22(28)31-23(4,5)6/h9-10,13-15H,7-8,11-12H2,1-6H3,(H,24,28). The predicted octanol–water partition coefficient (Wildman–Crippen LogP) is 4.47. The number of fused-ring (bicyclic) bond motifs is 1. The second-order valence-electron chi connectivity index (χ2n) is 8.18. The van der Waals surface area contributed by atoms with Gasteiger partial charge in [-0.3, -0.25) is 0 Å². The molecule has 0 saturated heterocycles. The Hall–Kier alpha value is -3.03. The van der Waals surface area contributed by atoms with Gasteiger partial charge in [-0.1, -0.05) is 6.07 Å². The molecular weight excluding hydrogens is 400 g/mol. The van der Waals surface area contributed by atoms with Crippen LogP contribution in [-0.2, 0) is 14.2 Å². The minimum atomic E-state index is -0.576. The van der Waals surface area contributed by atoms with Crippen LogP contribution >= 0.6 is 0 Å². The smallest absolute Gasteiger partial charge is 0.407 e. The lowest BCUT2D eigenvalue weighted by atomic mass is 10.1. The Morgan fingerprint density at radius 2 is 1.68 bits per heavy atom. The first kappa shape index (κ1) is 24.2. The van der Waals surface area contributed by atoms with E-state index in [4.69, 9.17) is 14.2 Å². The van der Waals surface area contributed by atoms with E-state index in [-0.39, 0.29) is 19.3 Å². The minimum Gasteiger partial charge on any atom is -0.462 e. The number of nitrogens with one attached hydrogen (secondary N) is 1. The molecule has 0 fully saturated rings. The van der Waals surface area contributed by atoms with E-state index in [1.807, 2.05) is 11.5 Å². The number of carbonyl (C=O) groups excluding carboxylic acids is 3. The number of rotatable bonds is 8. The van der Waals surface area contributed by atoms with Crippen molar-refractivity contribution < 1.29 is 28.6 Å². The van der Waals surface area contributed by atoms with Gasteiger partial charge in [-0.05, 0) is 66.2 Å². The Bertz CT molecular complexity index is 941. The monoisotopic (exact) mass is 432 g/mol.